The van der Waals surface area contributed by atoms with Gasteiger partial charge in [0.25, 0.3) is 5.56 Å². The molecule has 0 aliphatic rings. The van der Waals surface area contributed by atoms with Gasteiger partial charge in [0.2, 0.25) is 5.91 Å². The number of nitrogens with zero attached hydrogens (tertiary/aromatic N) is 6. The van der Waals surface area contributed by atoms with Gasteiger partial charge in [0, 0.05) is 22.0 Å². The molecule has 190 valence electrons. The fourth-order valence-electron chi connectivity index (χ4n) is 3.81. The molecule has 0 radical (unpaired) electrons. The molecule has 1 atom stereocenters. The van der Waals surface area contributed by atoms with Gasteiger partial charge in [-0.1, -0.05) is 41.9 Å². The predicted octanol–water partition coefficient (Wildman–Crippen LogP) is 3.22. The number of aromatic amines is 1. The number of aromatic nitrogens is 7. The molecule has 0 saturated heterocycles. The van der Waals surface area contributed by atoms with Crippen LogP contribution in [-0.2, 0) is 11.2 Å². The molecule has 2 aromatic carbocycles. The zero-order valence-corrected chi connectivity index (χ0v) is 21.2. The highest BCUT2D eigenvalue weighted by atomic mass is 35.5. The molecular formula is C25H20ClN9O2S. The van der Waals surface area contributed by atoms with Crippen LogP contribution in [0, 0.1) is 0 Å². The zero-order valence-electron chi connectivity index (χ0n) is 19.7. The Morgan fingerprint density at radius 3 is 2.79 bits per heavy atom. The third kappa shape index (κ3) is 5.82. The number of anilines is 1. The lowest BCUT2D eigenvalue weighted by molar-refractivity contribution is -0.117. The van der Waals surface area contributed by atoms with Gasteiger partial charge in [-0.25, -0.2) is 10.1 Å². The minimum Gasteiger partial charge on any atom is -0.375 e. The second-order valence-electron chi connectivity index (χ2n) is 8.15. The predicted molar refractivity (Wildman–Crippen MR) is 145 cm³/mol. The Labute approximate surface area is 225 Å². The van der Waals surface area contributed by atoms with Gasteiger partial charge in [0.1, 0.15) is 6.33 Å². The fraction of sp³-hybridized carbons (Fsp3) is 0.0800. The number of thiazole rings is 1. The number of hydrogen-bond acceptors (Lipinski definition) is 9. The first-order valence-corrected chi connectivity index (χ1v) is 12.6. The number of nitrogens with two attached hydrogens (primary N) is 1. The van der Waals surface area contributed by atoms with E-state index in [4.69, 9.17) is 17.3 Å². The van der Waals surface area contributed by atoms with Crippen molar-refractivity contribution in [3.05, 3.63) is 105 Å². The van der Waals surface area contributed by atoms with E-state index >= 15 is 0 Å². The van der Waals surface area contributed by atoms with Crippen LogP contribution < -0.4 is 16.6 Å². The van der Waals surface area contributed by atoms with Crippen molar-refractivity contribution >= 4 is 40.1 Å². The van der Waals surface area contributed by atoms with Gasteiger partial charge in [0.15, 0.2) is 5.13 Å². The average molecular weight is 546 g/mol. The van der Waals surface area contributed by atoms with E-state index in [-0.39, 0.29) is 5.91 Å². The molecule has 13 heteroatoms. The molecule has 0 spiro atoms. The van der Waals surface area contributed by atoms with Gasteiger partial charge in [-0.05, 0) is 52.8 Å². The first kappa shape index (κ1) is 25.0. The molecule has 3 heterocycles. The molecule has 11 nitrogen and oxygen atoms in total. The van der Waals surface area contributed by atoms with E-state index in [1.54, 1.807) is 35.7 Å². The van der Waals surface area contributed by atoms with Crippen LogP contribution in [0.4, 0.5) is 5.13 Å². The Morgan fingerprint density at radius 2 is 2.05 bits per heavy atom. The number of halogens is 1. The van der Waals surface area contributed by atoms with Crippen molar-refractivity contribution in [1.29, 1.82) is 0 Å². The third-order valence-electron chi connectivity index (χ3n) is 5.58. The number of benzene rings is 2. The molecule has 1 amide bonds. The van der Waals surface area contributed by atoms with Gasteiger partial charge < -0.3 is 11.1 Å². The van der Waals surface area contributed by atoms with Gasteiger partial charge in [-0.15, -0.1) is 16.4 Å². The number of H-pyrrole nitrogens is 1. The maximum absolute atomic E-state index is 13.1. The Kier molecular flexibility index (Phi) is 7.33. The lowest BCUT2D eigenvalue weighted by Crippen LogP contribution is -2.30. The van der Waals surface area contributed by atoms with E-state index in [1.165, 1.54) is 28.4 Å². The number of tetrazole rings is 1. The van der Waals surface area contributed by atoms with E-state index in [0.29, 0.717) is 44.8 Å². The van der Waals surface area contributed by atoms with Crippen molar-refractivity contribution in [2.24, 2.45) is 0 Å². The summed E-state index contributed by atoms with van der Waals surface area (Å²) in [5, 5.41) is 23.5. The summed E-state index contributed by atoms with van der Waals surface area (Å²) in [4.78, 5) is 29.8. The van der Waals surface area contributed by atoms with Crippen LogP contribution in [-0.4, -0.2) is 41.3 Å². The number of hydrogen-bond donors (Lipinski definition) is 3. The minimum absolute atomic E-state index is 0.316. The lowest BCUT2D eigenvalue weighted by Gasteiger charge is -2.18. The second-order valence-corrected chi connectivity index (χ2v) is 9.47. The summed E-state index contributed by atoms with van der Waals surface area (Å²) in [6.07, 6.45) is 4.91. The first-order valence-electron chi connectivity index (χ1n) is 11.3. The van der Waals surface area contributed by atoms with Crippen LogP contribution >= 0.6 is 22.9 Å². The van der Waals surface area contributed by atoms with Crippen LogP contribution in [0.3, 0.4) is 0 Å². The largest absolute Gasteiger partial charge is 0.375 e. The molecular weight excluding hydrogens is 526 g/mol. The van der Waals surface area contributed by atoms with Crippen molar-refractivity contribution in [1.82, 2.24) is 40.7 Å². The van der Waals surface area contributed by atoms with E-state index in [2.05, 4.69) is 36.0 Å². The van der Waals surface area contributed by atoms with Gasteiger partial charge in [0.05, 0.1) is 28.7 Å². The van der Waals surface area contributed by atoms with Crippen molar-refractivity contribution in [2.75, 3.05) is 5.73 Å². The molecule has 0 fully saturated rings. The van der Waals surface area contributed by atoms with Gasteiger partial charge >= 0.3 is 0 Å². The van der Waals surface area contributed by atoms with Crippen LogP contribution in [0.25, 0.3) is 23.0 Å². The maximum atomic E-state index is 13.1. The summed E-state index contributed by atoms with van der Waals surface area (Å²) >= 11 is 7.42. The zero-order chi connectivity index (χ0) is 26.5. The number of carbonyl (C=O) groups is 1. The van der Waals surface area contributed by atoms with E-state index in [9.17, 15) is 9.59 Å². The number of carbonyl (C=O) groups excluding carboxylic acids is 1. The number of nitrogens with one attached hydrogen (secondary N) is 2. The molecule has 3 aromatic heterocycles. The van der Waals surface area contributed by atoms with Crippen LogP contribution in [0.2, 0.25) is 5.02 Å². The molecule has 5 rings (SSSR count). The summed E-state index contributed by atoms with van der Waals surface area (Å²) in [6.45, 7) is 0. The summed E-state index contributed by atoms with van der Waals surface area (Å²) in [6, 6.07) is 15.9. The Bertz CT molecular complexity index is 1650. The summed E-state index contributed by atoms with van der Waals surface area (Å²) < 4.78 is 1.48. The monoisotopic (exact) mass is 545 g/mol. The number of amides is 1. The smallest absolute Gasteiger partial charge is 0.273 e. The van der Waals surface area contributed by atoms with Crippen molar-refractivity contribution < 1.29 is 4.79 Å². The summed E-state index contributed by atoms with van der Waals surface area (Å²) in [7, 11) is 0. The summed E-state index contributed by atoms with van der Waals surface area (Å²) in [5.41, 5.74) is 8.85. The van der Waals surface area contributed by atoms with E-state index in [0.717, 1.165) is 5.56 Å². The third-order valence-corrected chi connectivity index (χ3v) is 6.49. The molecule has 38 heavy (non-hydrogen) atoms. The highest BCUT2D eigenvalue weighted by molar-refractivity contribution is 7.13. The van der Waals surface area contributed by atoms with E-state index in [1.807, 2.05) is 30.3 Å². The highest BCUT2D eigenvalue weighted by Gasteiger charge is 2.19. The summed E-state index contributed by atoms with van der Waals surface area (Å²) in [5.74, 6) is -0.374. The SMILES string of the molecule is Nc1nc(-c2cc([C@H](Cc3ccccc3)NC(=O)C=Cc3cc(Cl)ccc3-n3cnnn3)n[nH]c2=O)cs1. The Balaban J connectivity index is 1.44. The van der Waals surface area contributed by atoms with Crippen molar-refractivity contribution in [3.8, 4) is 16.9 Å². The molecule has 0 saturated carbocycles. The lowest BCUT2D eigenvalue weighted by atomic mass is 10.0. The second kappa shape index (κ2) is 11.2. The molecule has 0 aliphatic heterocycles. The maximum Gasteiger partial charge on any atom is 0.273 e. The average Bonchev–Trinajstić information content (AvgIpc) is 3.60. The quantitative estimate of drug-likeness (QED) is 0.251. The fourth-order valence-corrected chi connectivity index (χ4v) is 4.55. The minimum atomic E-state index is -0.556. The van der Waals surface area contributed by atoms with Gasteiger partial charge in [-0.2, -0.15) is 9.78 Å². The van der Waals surface area contributed by atoms with Gasteiger partial charge in [-0.3, -0.25) is 9.59 Å². The van der Waals surface area contributed by atoms with Crippen LogP contribution in [0.5, 0.6) is 0 Å². The molecule has 5 aromatic rings. The number of rotatable bonds is 8. The highest BCUT2D eigenvalue weighted by Crippen LogP contribution is 2.24. The Morgan fingerprint density at radius 1 is 1.21 bits per heavy atom. The topological polar surface area (TPSA) is 157 Å². The van der Waals surface area contributed by atoms with E-state index < -0.39 is 11.6 Å². The van der Waals surface area contributed by atoms with Crippen LogP contribution in [0.15, 0.2) is 77.2 Å². The molecule has 0 bridgehead atoms. The van der Waals surface area contributed by atoms with Crippen molar-refractivity contribution in [3.63, 3.8) is 0 Å². The van der Waals surface area contributed by atoms with Crippen LogP contribution in [0.1, 0.15) is 22.9 Å². The first-order chi connectivity index (χ1) is 18.5. The standard InChI is InChI=1S/C25H20ClN9O2S/c26-17-7-8-22(35-14-28-33-34-35)16(11-17)6-9-23(36)29-19(10-15-4-2-1-3-5-15)20-12-18(24(37)32-31-20)21-13-38-25(27)30-21/h1-9,11-14,19H,10H2,(H2,27,30)(H,29,36)(H,32,37)/t19-/m0/s1. The number of nitrogen functional groups attached to an aromatic ring is 1. The molecule has 0 aliphatic carbocycles. The van der Waals surface area contributed by atoms with Crippen molar-refractivity contribution in [2.45, 2.75) is 12.5 Å². The molecule has 0 unspecified atom stereocenters. The molecule has 4 N–H and O–H groups in total. The Hall–Kier alpha value is -4.68. The normalized spacial score (nSPS) is 12.0.